The summed E-state index contributed by atoms with van der Waals surface area (Å²) in [5.74, 6) is 1.60. The summed E-state index contributed by atoms with van der Waals surface area (Å²) in [5.41, 5.74) is 0.648. The maximum absolute atomic E-state index is 9.84. The van der Waals surface area contributed by atoms with Crippen LogP contribution in [0.4, 0.5) is 5.82 Å². The van der Waals surface area contributed by atoms with Gasteiger partial charge >= 0.3 is 0 Å². The molecule has 1 aromatic heterocycles. The molecule has 0 aliphatic carbocycles. The topological polar surface area (TPSA) is 58.0 Å². The number of aliphatic hydroxyl groups is 1. The highest BCUT2D eigenvalue weighted by atomic mass is 35.5. The number of aromatic nitrogens is 2. The fourth-order valence-corrected chi connectivity index (χ4v) is 1.60. The Morgan fingerprint density at radius 2 is 1.84 bits per heavy atom. The normalized spacial score (nSPS) is 13.7. The van der Waals surface area contributed by atoms with Crippen molar-refractivity contribution in [3.05, 3.63) is 16.5 Å². The molecule has 4 nitrogen and oxygen atoms in total. The molecule has 108 valence electrons. The Morgan fingerprint density at radius 3 is 2.32 bits per heavy atom. The number of nitrogens with one attached hydrogen (secondary N) is 1. The fraction of sp³-hybridized carbons (Fsp3) is 0.714. The maximum Gasteiger partial charge on any atom is 0.137 e. The van der Waals surface area contributed by atoms with Crippen LogP contribution >= 0.6 is 11.6 Å². The Kier molecular flexibility index (Phi) is 5.16. The summed E-state index contributed by atoms with van der Waals surface area (Å²) >= 11 is 6.15. The van der Waals surface area contributed by atoms with Gasteiger partial charge in [0.05, 0.1) is 6.10 Å². The van der Waals surface area contributed by atoms with Crippen molar-refractivity contribution >= 4 is 17.4 Å². The second-order valence-electron chi connectivity index (χ2n) is 6.25. The molecule has 1 aromatic rings. The van der Waals surface area contributed by atoms with E-state index in [4.69, 9.17) is 11.6 Å². The molecule has 0 radical (unpaired) electrons. The third-order valence-corrected chi connectivity index (χ3v) is 3.37. The van der Waals surface area contributed by atoms with Crippen molar-refractivity contribution in [3.8, 4) is 0 Å². The predicted molar refractivity (Wildman–Crippen MR) is 79.8 cm³/mol. The van der Waals surface area contributed by atoms with Gasteiger partial charge < -0.3 is 10.4 Å². The smallest absolute Gasteiger partial charge is 0.137 e. The zero-order valence-corrected chi connectivity index (χ0v) is 13.3. The number of rotatable bonds is 4. The Labute approximate surface area is 120 Å². The zero-order chi connectivity index (χ0) is 14.8. The molecule has 0 saturated heterocycles. The first-order chi connectivity index (χ1) is 8.62. The van der Waals surface area contributed by atoms with Crippen LogP contribution in [-0.4, -0.2) is 27.7 Å². The van der Waals surface area contributed by atoms with Crippen LogP contribution in [0.5, 0.6) is 0 Å². The van der Waals surface area contributed by atoms with Gasteiger partial charge in [-0.1, -0.05) is 46.2 Å². The molecule has 1 heterocycles. The number of hydrogen-bond donors (Lipinski definition) is 2. The monoisotopic (exact) mass is 285 g/mol. The van der Waals surface area contributed by atoms with Gasteiger partial charge in [0.15, 0.2) is 0 Å². The average molecular weight is 286 g/mol. The summed E-state index contributed by atoms with van der Waals surface area (Å²) in [6.07, 6.45) is -0.411. The molecule has 0 fully saturated rings. The van der Waals surface area contributed by atoms with Crippen LogP contribution in [0.2, 0.25) is 5.15 Å². The summed E-state index contributed by atoms with van der Waals surface area (Å²) in [4.78, 5) is 8.84. The molecule has 2 N–H and O–H groups in total. The van der Waals surface area contributed by atoms with Crippen LogP contribution < -0.4 is 5.32 Å². The van der Waals surface area contributed by atoms with E-state index in [2.05, 4.69) is 15.3 Å². The molecule has 0 saturated carbocycles. The summed E-state index contributed by atoms with van der Waals surface area (Å²) < 4.78 is 0. The lowest BCUT2D eigenvalue weighted by molar-refractivity contribution is 0.138. The number of hydrogen-bond acceptors (Lipinski definition) is 4. The second-order valence-corrected chi connectivity index (χ2v) is 6.61. The Morgan fingerprint density at radius 1 is 1.26 bits per heavy atom. The molecule has 5 heteroatoms. The molecule has 0 amide bonds. The minimum absolute atomic E-state index is 0.162. The average Bonchev–Trinajstić information content (AvgIpc) is 2.28. The maximum atomic E-state index is 9.84. The van der Waals surface area contributed by atoms with Crippen molar-refractivity contribution in [2.75, 3.05) is 11.9 Å². The number of nitrogens with zero attached hydrogens (tertiary/aromatic N) is 2. The van der Waals surface area contributed by atoms with Crippen molar-refractivity contribution in [2.45, 2.75) is 53.1 Å². The molecular weight excluding hydrogens is 262 g/mol. The van der Waals surface area contributed by atoms with Gasteiger partial charge in [-0.2, -0.15) is 0 Å². The van der Waals surface area contributed by atoms with Crippen molar-refractivity contribution in [1.29, 1.82) is 0 Å². The standard InChI is InChI=1S/C14H24ClN3O/c1-8(2)10(19)7-16-12-9(3)11(15)17-13(18-12)14(4,5)6/h8,10,19H,7H2,1-6H3,(H,16,17,18). The van der Waals surface area contributed by atoms with Gasteiger partial charge in [-0.15, -0.1) is 0 Å². The molecule has 1 atom stereocenters. The highest BCUT2D eigenvalue weighted by Crippen LogP contribution is 2.26. The number of anilines is 1. The van der Waals surface area contributed by atoms with Gasteiger partial charge in [0.25, 0.3) is 0 Å². The van der Waals surface area contributed by atoms with Crippen LogP contribution in [0.25, 0.3) is 0 Å². The van der Waals surface area contributed by atoms with E-state index >= 15 is 0 Å². The molecule has 0 bridgehead atoms. The van der Waals surface area contributed by atoms with Crippen LogP contribution in [0.15, 0.2) is 0 Å². The minimum Gasteiger partial charge on any atom is -0.391 e. The zero-order valence-electron chi connectivity index (χ0n) is 12.6. The van der Waals surface area contributed by atoms with Gasteiger partial charge in [-0.25, -0.2) is 9.97 Å². The summed E-state index contributed by atoms with van der Waals surface area (Å²) in [6, 6.07) is 0. The quantitative estimate of drug-likeness (QED) is 0.834. The lowest BCUT2D eigenvalue weighted by Crippen LogP contribution is -2.26. The van der Waals surface area contributed by atoms with Crippen molar-refractivity contribution < 1.29 is 5.11 Å². The van der Waals surface area contributed by atoms with Crippen molar-refractivity contribution in [3.63, 3.8) is 0 Å². The molecular formula is C14H24ClN3O. The van der Waals surface area contributed by atoms with Crippen LogP contribution in [0.3, 0.4) is 0 Å². The van der Waals surface area contributed by atoms with E-state index in [9.17, 15) is 5.11 Å². The molecule has 0 aliphatic heterocycles. The van der Waals surface area contributed by atoms with Gasteiger partial charge in [0, 0.05) is 17.5 Å². The Balaban J connectivity index is 2.97. The van der Waals surface area contributed by atoms with E-state index < -0.39 is 6.10 Å². The largest absolute Gasteiger partial charge is 0.391 e. The van der Waals surface area contributed by atoms with Crippen LogP contribution in [-0.2, 0) is 5.41 Å². The molecule has 1 unspecified atom stereocenters. The molecule has 19 heavy (non-hydrogen) atoms. The van der Waals surface area contributed by atoms with E-state index in [0.717, 1.165) is 5.56 Å². The first-order valence-electron chi connectivity index (χ1n) is 6.59. The first-order valence-corrected chi connectivity index (χ1v) is 6.97. The van der Waals surface area contributed by atoms with Crippen LogP contribution in [0, 0.1) is 12.8 Å². The van der Waals surface area contributed by atoms with E-state index in [1.807, 2.05) is 41.5 Å². The highest BCUT2D eigenvalue weighted by Gasteiger charge is 2.21. The summed E-state index contributed by atoms with van der Waals surface area (Å²) in [5, 5.41) is 13.5. The SMILES string of the molecule is Cc1c(Cl)nc(C(C)(C)C)nc1NCC(O)C(C)C. The highest BCUT2D eigenvalue weighted by molar-refractivity contribution is 6.30. The lowest BCUT2D eigenvalue weighted by atomic mass is 9.95. The van der Waals surface area contributed by atoms with E-state index in [1.165, 1.54) is 0 Å². The third-order valence-electron chi connectivity index (χ3n) is 3.01. The van der Waals surface area contributed by atoms with Gasteiger partial charge in [0.1, 0.15) is 16.8 Å². The lowest BCUT2D eigenvalue weighted by Gasteiger charge is -2.21. The molecule has 0 spiro atoms. The minimum atomic E-state index is -0.411. The van der Waals surface area contributed by atoms with Gasteiger partial charge in [0.2, 0.25) is 0 Å². The van der Waals surface area contributed by atoms with Crippen molar-refractivity contribution in [1.82, 2.24) is 9.97 Å². The Bertz CT molecular complexity index is 441. The van der Waals surface area contributed by atoms with E-state index in [-0.39, 0.29) is 11.3 Å². The summed E-state index contributed by atoms with van der Waals surface area (Å²) in [6.45, 7) is 12.4. The molecule has 1 rings (SSSR count). The predicted octanol–water partition coefficient (Wildman–Crippen LogP) is 3.16. The number of halogens is 1. The third kappa shape index (κ3) is 4.32. The second kappa shape index (κ2) is 6.06. The van der Waals surface area contributed by atoms with E-state index in [0.29, 0.717) is 23.3 Å². The van der Waals surface area contributed by atoms with E-state index in [1.54, 1.807) is 0 Å². The van der Waals surface area contributed by atoms with Gasteiger partial charge in [-0.3, -0.25) is 0 Å². The first kappa shape index (κ1) is 16.2. The van der Waals surface area contributed by atoms with Crippen LogP contribution in [0.1, 0.15) is 46.0 Å². The van der Waals surface area contributed by atoms with Gasteiger partial charge in [-0.05, 0) is 12.8 Å². The molecule has 0 aromatic carbocycles. The fourth-order valence-electron chi connectivity index (χ4n) is 1.43. The summed E-state index contributed by atoms with van der Waals surface area (Å²) in [7, 11) is 0. The van der Waals surface area contributed by atoms with Crippen molar-refractivity contribution in [2.24, 2.45) is 5.92 Å². The molecule has 0 aliphatic rings. The number of aliphatic hydroxyl groups excluding tert-OH is 1. The Hall–Kier alpha value is -0.870.